The van der Waals surface area contributed by atoms with Crippen molar-refractivity contribution < 1.29 is 4.74 Å². The molecule has 0 aliphatic carbocycles. The zero-order valence-corrected chi connectivity index (χ0v) is 13.7. The van der Waals surface area contributed by atoms with E-state index in [0.29, 0.717) is 11.7 Å². The fraction of sp³-hybridized carbons (Fsp3) is 0.143. The van der Waals surface area contributed by atoms with Gasteiger partial charge in [-0.1, -0.05) is 12.1 Å². The number of anilines is 1. The first kappa shape index (κ1) is 14.1. The van der Waals surface area contributed by atoms with E-state index >= 15 is 0 Å². The van der Waals surface area contributed by atoms with E-state index in [0.717, 1.165) is 27.2 Å². The smallest absolute Gasteiger partial charge is 0.180 e. The van der Waals surface area contributed by atoms with E-state index in [9.17, 15) is 0 Å². The molecule has 0 radical (unpaired) electrons. The lowest BCUT2D eigenvalue weighted by Gasteiger charge is -2.03. The average molecular weight is 365 g/mol. The quantitative estimate of drug-likeness (QED) is 0.770. The summed E-state index contributed by atoms with van der Waals surface area (Å²) in [4.78, 5) is 4.26. The van der Waals surface area contributed by atoms with Gasteiger partial charge in [0.2, 0.25) is 0 Å². The van der Waals surface area contributed by atoms with Crippen molar-refractivity contribution in [3.8, 4) is 17.1 Å². The molecule has 2 aromatic heterocycles. The van der Waals surface area contributed by atoms with Gasteiger partial charge >= 0.3 is 0 Å². The number of nitrogens with two attached hydrogens (primary N) is 1. The van der Waals surface area contributed by atoms with E-state index in [1.54, 1.807) is 7.11 Å². The molecule has 0 aliphatic heterocycles. The van der Waals surface area contributed by atoms with Gasteiger partial charge in [0, 0.05) is 11.6 Å². The Morgan fingerprint density at radius 3 is 2.71 bits per heavy atom. The lowest BCUT2D eigenvalue weighted by Crippen LogP contribution is -2.00. The maximum Gasteiger partial charge on any atom is 0.180 e. The molecule has 0 bridgehead atoms. The van der Waals surface area contributed by atoms with Gasteiger partial charge in [0.25, 0.3) is 0 Å². The number of methoxy groups -OCH3 is 1. The molecule has 3 rings (SSSR count). The number of nitrogen functional groups attached to an aromatic ring is 1. The summed E-state index contributed by atoms with van der Waals surface area (Å²) in [6, 6.07) is 7.93. The first-order valence-electron chi connectivity index (χ1n) is 6.23. The van der Waals surface area contributed by atoms with Crippen LogP contribution in [-0.2, 0) is 6.54 Å². The number of aromatic nitrogens is 3. The number of rotatable bonds is 4. The van der Waals surface area contributed by atoms with Crippen molar-refractivity contribution in [3.63, 3.8) is 0 Å². The highest BCUT2D eigenvalue weighted by molar-refractivity contribution is 9.10. The molecule has 0 amide bonds. The van der Waals surface area contributed by atoms with Crippen LogP contribution >= 0.6 is 27.3 Å². The van der Waals surface area contributed by atoms with Gasteiger partial charge in [-0.25, -0.2) is 4.98 Å². The standard InChI is InChI=1S/C14H13BrN4OS/c1-20-10-4-2-9(3-5-10)6-19-7-11(15)13(18-19)12-8-21-14(16)17-12/h2-5,7-8H,6H2,1H3,(H2,16,17). The summed E-state index contributed by atoms with van der Waals surface area (Å²) in [7, 11) is 1.66. The lowest BCUT2D eigenvalue weighted by atomic mass is 10.2. The van der Waals surface area contributed by atoms with Crippen LogP contribution < -0.4 is 10.5 Å². The molecule has 7 heteroatoms. The molecule has 3 aromatic rings. The molecule has 1 aromatic carbocycles. The molecule has 0 saturated heterocycles. The number of nitrogens with zero attached hydrogens (tertiary/aromatic N) is 3. The normalized spacial score (nSPS) is 10.8. The van der Waals surface area contributed by atoms with Crippen molar-refractivity contribution in [1.29, 1.82) is 0 Å². The van der Waals surface area contributed by atoms with Crippen molar-refractivity contribution >= 4 is 32.4 Å². The summed E-state index contributed by atoms with van der Waals surface area (Å²) >= 11 is 4.93. The molecular formula is C14H13BrN4OS. The zero-order valence-electron chi connectivity index (χ0n) is 11.3. The topological polar surface area (TPSA) is 66.0 Å². The minimum absolute atomic E-state index is 0.543. The molecule has 21 heavy (non-hydrogen) atoms. The van der Waals surface area contributed by atoms with Crippen LogP contribution in [0.5, 0.6) is 5.75 Å². The summed E-state index contributed by atoms with van der Waals surface area (Å²) in [6.45, 7) is 0.683. The van der Waals surface area contributed by atoms with Gasteiger partial charge < -0.3 is 10.5 Å². The second kappa shape index (κ2) is 5.87. The predicted molar refractivity (Wildman–Crippen MR) is 87.5 cm³/mol. The van der Waals surface area contributed by atoms with Crippen LogP contribution in [0.25, 0.3) is 11.4 Å². The van der Waals surface area contributed by atoms with Gasteiger partial charge in [0.05, 0.1) is 18.1 Å². The monoisotopic (exact) mass is 364 g/mol. The molecule has 0 aliphatic rings. The van der Waals surface area contributed by atoms with Gasteiger partial charge in [-0.3, -0.25) is 4.68 Å². The van der Waals surface area contributed by atoms with Gasteiger partial charge in [-0.05, 0) is 33.6 Å². The van der Waals surface area contributed by atoms with E-state index in [1.807, 2.05) is 40.5 Å². The van der Waals surface area contributed by atoms with E-state index in [4.69, 9.17) is 10.5 Å². The van der Waals surface area contributed by atoms with E-state index in [2.05, 4.69) is 26.0 Å². The molecule has 0 fully saturated rings. The van der Waals surface area contributed by atoms with Gasteiger partial charge in [-0.2, -0.15) is 5.10 Å². The molecule has 0 atom stereocenters. The summed E-state index contributed by atoms with van der Waals surface area (Å²) in [6.07, 6.45) is 1.94. The third-order valence-electron chi connectivity index (χ3n) is 2.99. The number of halogens is 1. The second-order valence-electron chi connectivity index (χ2n) is 4.44. The van der Waals surface area contributed by atoms with Crippen LogP contribution in [0.3, 0.4) is 0 Å². The van der Waals surface area contributed by atoms with Crippen molar-refractivity contribution in [2.24, 2.45) is 0 Å². The lowest BCUT2D eigenvalue weighted by molar-refractivity contribution is 0.414. The minimum atomic E-state index is 0.543. The van der Waals surface area contributed by atoms with Crippen LogP contribution in [-0.4, -0.2) is 21.9 Å². The Kier molecular flexibility index (Phi) is 3.94. The van der Waals surface area contributed by atoms with Gasteiger partial charge in [-0.15, -0.1) is 11.3 Å². The molecule has 2 N–H and O–H groups in total. The molecular weight excluding hydrogens is 352 g/mol. The first-order valence-corrected chi connectivity index (χ1v) is 7.90. The van der Waals surface area contributed by atoms with Crippen LogP contribution in [0.2, 0.25) is 0 Å². The summed E-state index contributed by atoms with van der Waals surface area (Å²) in [5.41, 5.74) is 8.41. The summed E-state index contributed by atoms with van der Waals surface area (Å²) in [5.74, 6) is 0.846. The molecule has 0 saturated carbocycles. The third kappa shape index (κ3) is 3.08. The van der Waals surface area contributed by atoms with E-state index < -0.39 is 0 Å². The average Bonchev–Trinajstić information content (AvgIpc) is 3.06. The Morgan fingerprint density at radius 2 is 2.10 bits per heavy atom. The molecule has 2 heterocycles. The highest BCUT2D eigenvalue weighted by atomic mass is 79.9. The van der Waals surface area contributed by atoms with Crippen LogP contribution in [0.4, 0.5) is 5.13 Å². The van der Waals surface area contributed by atoms with Crippen LogP contribution in [0.1, 0.15) is 5.56 Å². The van der Waals surface area contributed by atoms with Crippen LogP contribution in [0, 0.1) is 0 Å². The fourth-order valence-electron chi connectivity index (χ4n) is 1.97. The molecule has 5 nitrogen and oxygen atoms in total. The number of ether oxygens (including phenoxy) is 1. The highest BCUT2D eigenvalue weighted by Gasteiger charge is 2.12. The van der Waals surface area contributed by atoms with Crippen LogP contribution in [0.15, 0.2) is 40.3 Å². The Bertz CT molecular complexity index is 751. The van der Waals surface area contributed by atoms with E-state index in [-0.39, 0.29) is 0 Å². The molecule has 0 unspecified atom stereocenters. The van der Waals surface area contributed by atoms with Crippen molar-refractivity contribution in [2.45, 2.75) is 6.54 Å². The zero-order chi connectivity index (χ0) is 14.8. The molecule has 108 valence electrons. The summed E-state index contributed by atoms with van der Waals surface area (Å²) in [5, 5.41) is 7.00. The number of hydrogen-bond acceptors (Lipinski definition) is 5. The van der Waals surface area contributed by atoms with Gasteiger partial charge in [0.1, 0.15) is 17.1 Å². The molecule has 0 spiro atoms. The number of benzene rings is 1. The number of hydrogen-bond donors (Lipinski definition) is 1. The maximum atomic E-state index is 5.67. The first-order chi connectivity index (χ1) is 10.2. The minimum Gasteiger partial charge on any atom is -0.497 e. The number of thiazole rings is 1. The predicted octanol–water partition coefficient (Wildman–Crippen LogP) is 3.41. The second-order valence-corrected chi connectivity index (χ2v) is 6.19. The van der Waals surface area contributed by atoms with Crippen molar-refractivity contribution in [2.75, 3.05) is 12.8 Å². The fourth-order valence-corrected chi connectivity index (χ4v) is 3.03. The Balaban J connectivity index is 1.83. The highest BCUT2D eigenvalue weighted by Crippen LogP contribution is 2.28. The van der Waals surface area contributed by atoms with Crippen molar-refractivity contribution in [3.05, 3.63) is 45.9 Å². The van der Waals surface area contributed by atoms with Gasteiger partial charge in [0.15, 0.2) is 5.13 Å². The SMILES string of the molecule is COc1ccc(Cn2cc(Br)c(-c3csc(N)n3)n2)cc1. The van der Waals surface area contributed by atoms with E-state index in [1.165, 1.54) is 11.3 Å². The third-order valence-corrected chi connectivity index (χ3v) is 4.24. The Labute approximate surface area is 134 Å². The van der Waals surface area contributed by atoms with Crippen molar-refractivity contribution in [1.82, 2.24) is 14.8 Å². The maximum absolute atomic E-state index is 5.67. The summed E-state index contributed by atoms with van der Waals surface area (Å²) < 4.78 is 7.93. The largest absolute Gasteiger partial charge is 0.497 e. The Hall–Kier alpha value is -1.86. The Morgan fingerprint density at radius 1 is 1.33 bits per heavy atom.